The van der Waals surface area contributed by atoms with Crippen LogP contribution in [0.25, 0.3) is 0 Å². The molecule has 2 atom stereocenters. The molecule has 0 N–H and O–H groups in total. The molecule has 2 fully saturated rings. The van der Waals surface area contributed by atoms with Gasteiger partial charge in [0, 0.05) is 25.2 Å². The van der Waals surface area contributed by atoms with Gasteiger partial charge in [-0.1, -0.05) is 36.4 Å². The summed E-state index contributed by atoms with van der Waals surface area (Å²) in [7, 11) is 0. The molecule has 1 aliphatic carbocycles. The van der Waals surface area contributed by atoms with Crippen molar-refractivity contribution in [3.63, 3.8) is 0 Å². The van der Waals surface area contributed by atoms with Gasteiger partial charge in [-0.2, -0.15) is 0 Å². The number of hydrogen-bond acceptors (Lipinski definition) is 2. The number of piperidine rings is 2. The van der Waals surface area contributed by atoms with Crippen molar-refractivity contribution in [3.05, 3.63) is 71.0 Å². The van der Waals surface area contributed by atoms with Crippen LogP contribution in [0.1, 0.15) is 40.7 Å². The quantitative estimate of drug-likeness (QED) is 0.791. The second kappa shape index (κ2) is 7.32. The molecule has 0 saturated carbocycles. The molecule has 3 nitrogen and oxygen atoms in total. The normalized spacial score (nSPS) is 25.4. The fraction of sp³-hybridized carbons (Fsp3) is 0.458. The second-order valence-corrected chi connectivity index (χ2v) is 8.56. The van der Waals surface area contributed by atoms with E-state index in [4.69, 9.17) is 0 Å². The Morgan fingerprint density at radius 1 is 0.929 bits per heavy atom. The molecule has 0 unspecified atom stereocenters. The van der Waals surface area contributed by atoms with E-state index in [1.165, 1.54) is 36.6 Å². The van der Waals surface area contributed by atoms with Crippen molar-refractivity contribution >= 4 is 5.91 Å². The van der Waals surface area contributed by atoms with Crippen LogP contribution in [-0.2, 0) is 12.8 Å². The highest BCUT2D eigenvalue weighted by atomic mass is 19.1. The van der Waals surface area contributed by atoms with Gasteiger partial charge >= 0.3 is 0 Å². The Morgan fingerprint density at radius 2 is 1.64 bits per heavy atom. The SMILES string of the molecule is O=C(c1ccccc1F)N1CC[C@H]2[C@H](CCCN2C2Cc3ccccc3C2)C1. The zero-order chi connectivity index (χ0) is 19.1. The smallest absolute Gasteiger partial charge is 0.256 e. The average Bonchev–Trinajstić information content (AvgIpc) is 3.17. The predicted molar refractivity (Wildman–Crippen MR) is 108 cm³/mol. The lowest BCUT2D eigenvalue weighted by atomic mass is 9.82. The number of carbonyl (C=O) groups excluding carboxylic acids is 1. The number of carbonyl (C=O) groups is 1. The third-order valence-electron chi connectivity index (χ3n) is 7.00. The molecule has 0 aromatic heterocycles. The lowest BCUT2D eigenvalue weighted by Gasteiger charge is -2.49. The monoisotopic (exact) mass is 378 g/mol. The Labute approximate surface area is 166 Å². The summed E-state index contributed by atoms with van der Waals surface area (Å²) < 4.78 is 14.1. The standard InChI is InChI=1S/C24H27FN2O/c25-22-10-4-3-9-21(22)24(28)26-13-11-23-19(16-26)8-5-12-27(23)20-14-17-6-1-2-7-18(17)15-20/h1-4,6-7,9-10,19-20,23H,5,8,11-16H2/t19-,23+/m1/s1. The predicted octanol–water partition coefficient (Wildman–Crippen LogP) is 3.92. The molecule has 0 radical (unpaired) electrons. The maximum atomic E-state index is 14.1. The van der Waals surface area contributed by atoms with E-state index in [2.05, 4.69) is 29.2 Å². The van der Waals surface area contributed by atoms with Crippen molar-refractivity contribution in [1.82, 2.24) is 9.80 Å². The first-order valence-corrected chi connectivity index (χ1v) is 10.6. The Balaban J connectivity index is 1.29. The fourth-order valence-electron chi connectivity index (χ4n) is 5.65. The largest absolute Gasteiger partial charge is 0.338 e. The molecule has 2 aromatic rings. The van der Waals surface area contributed by atoms with Gasteiger partial charge in [-0.25, -0.2) is 4.39 Å². The van der Waals surface area contributed by atoms with Crippen molar-refractivity contribution in [1.29, 1.82) is 0 Å². The van der Waals surface area contributed by atoms with Crippen LogP contribution in [0, 0.1) is 11.7 Å². The van der Waals surface area contributed by atoms with Crippen molar-refractivity contribution in [2.45, 2.75) is 44.2 Å². The van der Waals surface area contributed by atoms with E-state index in [1.807, 2.05) is 4.90 Å². The minimum Gasteiger partial charge on any atom is -0.338 e. The molecule has 0 spiro atoms. The lowest BCUT2D eigenvalue weighted by Crippen LogP contribution is -2.58. The molecule has 2 aromatic carbocycles. The first-order chi connectivity index (χ1) is 13.7. The Kier molecular flexibility index (Phi) is 4.67. The molecular formula is C24H27FN2O. The Morgan fingerprint density at radius 3 is 2.39 bits per heavy atom. The molecular weight excluding hydrogens is 351 g/mol. The van der Waals surface area contributed by atoms with Crippen LogP contribution >= 0.6 is 0 Å². The van der Waals surface area contributed by atoms with Gasteiger partial charge in [0.15, 0.2) is 0 Å². The third-order valence-corrected chi connectivity index (χ3v) is 7.00. The van der Waals surface area contributed by atoms with Crippen LogP contribution in [0.2, 0.25) is 0 Å². The summed E-state index contributed by atoms with van der Waals surface area (Å²) in [5, 5.41) is 0. The number of likely N-dealkylation sites (tertiary alicyclic amines) is 2. The van der Waals surface area contributed by atoms with E-state index in [9.17, 15) is 9.18 Å². The van der Waals surface area contributed by atoms with Gasteiger partial charge < -0.3 is 4.90 Å². The molecule has 28 heavy (non-hydrogen) atoms. The maximum Gasteiger partial charge on any atom is 0.256 e. The van der Waals surface area contributed by atoms with E-state index in [0.717, 1.165) is 32.4 Å². The highest BCUT2D eigenvalue weighted by molar-refractivity contribution is 5.94. The zero-order valence-electron chi connectivity index (χ0n) is 16.2. The molecule has 3 aliphatic rings. The van der Waals surface area contributed by atoms with Gasteiger partial charge in [0.1, 0.15) is 5.82 Å². The van der Waals surface area contributed by atoms with Gasteiger partial charge in [-0.05, 0) is 67.8 Å². The zero-order valence-corrected chi connectivity index (χ0v) is 16.2. The van der Waals surface area contributed by atoms with E-state index < -0.39 is 5.82 Å². The number of amides is 1. The van der Waals surface area contributed by atoms with Crippen LogP contribution in [-0.4, -0.2) is 47.4 Å². The molecule has 5 rings (SSSR count). The minimum atomic E-state index is -0.413. The first-order valence-electron chi connectivity index (χ1n) is 10.6. The van der Waals surface area contributed by atoms with E-state index in [0.29, 0.717) is 18.0 Å². The van der Waals surface area contributed by atoms with E-state index in [-0.39, 0.29) is 11.5 Å². The Hall–Kier alpha value is -2.20. The number of halogens is 1. The number of benzene rings is 2. The third kappa shape index (κ3) is 3.14. The molecule has 146 valence electrons. The number of nitrogens with zero attached hydrogens (tertiary/aromatic N) is 2. The summed E-state index contributed by atoms with van der Waals surface area (Å²) in [5.41, 5.74) is 3.21. The van der Waals surface area contributed by atoms with Gasteiger partial charge in [0.2, 0.25) is 0 Å². The van der Waals surface area contributed by atoms with Crippen LogP contribution in [0.5, 0.6) is 0 Å². The van der Waals surface area contributed by atoms with E-state index in [1.54, 1.807) is 18.2 Å². The molecule has 2 saturated heterocycles. The maximum absolute atomic E-state index is 14.1. The summed E-state index contributed by atoms with van der Waals surface area (Å²) in [5.74, 6) is -0.0625. The number of rotatable bonds is 2. The van der Waals surface area contributed by atoms with E-state index >= 15 is 0 Å². The molecule has 2 aliphatic heterocycles. The summed E-state index contributed by atoms with van der Waals surface area (Å²) in [6.07, 6.45) is 5.66. The molecule has 2 heterocycles. The highest BCUT2D eigenvalue weighted by Gasteiger charge is 2.41. The van der Waals surface area contributed by atoms with Crippen molar-refractivity contribution < 1.29 is 9.18 Å². The summed E-state index contributed by atoms with van der Waals surface area (Å²) >= 11 is 0. The lowest BCUT2D eigenvalue weighted by molar-refractivity contribution is 0.00197. The average molecular weight is 378 g/mol. The summed E-state index contributed by atoms with van der Waals surface area (Å²) in [6, 6.07) is 16.3. The Bertz CT molecular complexity index is 857. The first kappa shape index (κ1) is 17.9. The fourth-order valence-corrected chi connectivity index (χ4v) is 5.65. The molecule has 0 bridgehead atoms. The summed E-state index contributed by atoms with van der Waals surface area (Å²) in [4.78, 5) is 17.5. The molecule has 1 amide bonds. The molecule has 4 heteroatoms. The van der Waals surface area contributed by atoms with Crippen LogP contribution in [0.4, 0.5) is 4.39 Å². The van der Waals surface area contributed by atoms with Crippen LogP contribution in [0.3, 0.4) is 0 Å². The van der Waals surface area contributed by atoms with Crippen molar-refractivity contribution in [3.8, 4) is 0 Å². The van der Waals surface area contributed by atoms with Crippen molar-refractivity contribution in [2.75, 3.05) is 19.6 Å². The minimum absolute atomic E-state index is 0.151. The van der Waals surface area contributed by atoms with Crippen molar-refractivity contribution in [2.24, 2.45) is 5.92 Å². The highest BCUT2D eigenvalue weighted by Crippen LogP contribution is 2.36. The van der Waals surface area contributed by atoms with Gasteiger partial charge in [-0.15, -0.1) is 0 Å². The topological polar surface area (TPSA) is 23.6 Å². The second-order valence-electron chi connectivity index (χ2n) is 8.56. The van der Waals surface area contributed by atoms with Gasteiger partial charge in [0.25, 0.3) is 5.91 Å². The van der Waals surface area contributed by atoms with Gasteiger partial charge in [-0.3, -0.25) is 9.69 Å². The summed E-state index contributed by atoms with van der Waals surface area (Å²) in [6.45, 7) is 2.65. The van der Waals surface area contributed by atoms with Crippen LogP contribution < -0.4 is 0 Å². The van der Waals surface area contributed by atoms with Gasteiger partial charge in [0.05, 0.1) is 5.56 Å². The van der Waals surface area contributed by atoms with Crippen LogP contribution in [0.15, 0.2) is 48.5 Å². The number of hydrogen-bond donors (Lipinski definition) is 0. The number of fused-ring (bicyclic) bond motifs is 2.